The quantitative estimate of drug-likeness (QED) is 0.177. The van der Waals surface area contributed by atoms with Crippen LogP contribution in [-0.2, 0) is 19.1 Å². The molecule has 1 aromatic carbocycles. The summed E-state index contributed by atoms with van der Waals surface area (Å²) in [5.41, 5.74) is -6.05. The zero-order valence-electron chi connectivity index (χ0n) is 26.3. The summed E-state index contributed by atoms with van der Waals surface area (Å²) in [5, 5.41) is 46.9. The van der Waals surface area contributed by atoms with E-state index in [0.29, 0.717) is 6.42 Å². The molecule has 4 aliphatic carbocycles. The van der Waals surface area contributed by atoms with E-state index in [1.54, 1.807) is 44.2 Å². The number of hydrogen-bond donors (Lipinski definition) is 4. The fourth-order valence-corrected chi connectivity index (χ4v) is 8.77. The van der Waals surface area contributed by atoms with Gasteiger partial charge in [0.2, 0.25) is 0 Å². The first kappa shape index (κ1) is 32.5. The minimum absolute atomic E-state index is 0.000607. The summed E-state index contributed by atoms with van der Waals surface area (Å²) < 4.78 is 12.6. The van der Waals surface area contributed by atoms with Crippen molar-refractivity contribution in [3.05, 3.63) is 59.2 Å². The first-order valence-corrected chi connectivity index (χ1v) is 15.9. The molecule has 9 heteroatoms. The summed E-state index contributed by atoms with van der Waals surface area (Å²) >= 11 is 0. The summed E-state index contributed by atoms with van der Waals surface area (Å²) in [5.74, 6) is -5.84. The van der Waals surface area contributed by atoms with Gasteiger partial charge in [-0.3, -0.25) is 9.59 Å². The van der Waals surface area contributed by atoms with Crippen LogP contribution < -0.4 is 0 Å². The van der Waals surface area contributed by atoms with Gasteiger partial charge in [-0.25, -0.2) is 4.79 Å². The van der Waals surface area contributed by atoms with Crippen molar-refractivity contribution in [1.29, 1.82) is 0 Å². The van der Waals surface area contributed by atoms with Crippen LogP contribution in [0.4, 0.5) is 0 Å². The van der Waals surface area contributed by atoms with Crippen molar-refractivity contribution >= 4 is 17.7 Å². The molecule has 0 amide bonds. The fourth-order valence-electron chi connectivity index (χ4n) is 8.77. The van der Waals surface area contributed by atoms with Gasteiger partial charge >= 0.3 is 11.9 Å². The van der Waals surface area contributed by atoms with Gasteiger partial charge in [0.25, 0.3) is 0 Å². The Bertz CT molecular complexity index is 1370. The molecule has 240 valence electrons. The SMILES string of the molecule is CCCCCCCC(=O)O[C@]12C(C3[C@@H](O)C(CO)=C[C@]4(O)C(=O)C(C)=CC4[C@@]3(O)[C@H](C)[C@H]1OC(=O)c1ccccc1)C2(C)C. The third kappa shape index (κ3) is 4.61. The number of ether oxygens (including phenoxy) is 2. The van der Waals surface area contributed by atoms with Crippen molar-refractivity contribution in [1.82, 2.24) is 0 Å². The van der Waals surface area contributed by atoms with Crippen LogP contribution in [0.2, 0.25) is 0 Å². The van der Waals surface area contributed by atoms with Crippen molar-refractivity contribution < 1.29 is 44.3 Å². The minimum Gasteiger partial charge on any atom is -0.454 e. The average molecular weight is 611 g/mol. The predicted molar refractivity (Wildman–Crippen MR) is 161 cm³/mol. The first-order valence-electron chi connectivity index (χ1n) is 15.9. The number of hydrogen-bond acceptors (Lipinski definition) is 9. The van der Waals surface area contributed by atoms with E-state index in [1.807, 2.05) is 13.8 Å². The molecule has 5 rings (SSSR count). The van der Waals surface area contributed by atoms with Gasteiger partial charge in [0, 0.05) is 35.5 Å². The van der Waals surface area contributed by atoms with E-state index in [1.165, 1.54) is 12.2 Å². The maximum absolute atomic E-state index is 13.6. The van der Waals surface area contributed by atoms with Crippen LogP contribution in [0, 0.1) is 29.1 Å². The fraction of sp³-hybridized carbons (Fsp3) is 0.629. The number of aliphatic hydroxyl groups excluding tert-OH is 2. The predicted octanol–water partition coefficient (Wildman–Crippen LogP) is 3.68. The second-order valence-corrected chi connectivity index (χ2v) is 13.8. The maximum atomic E-state index is 13.6. The van der Waals surface area contributed by atoms with Crippen molar-refractivity contribution in [2.75, 3.05) is 6.61 Å². The van der Waals surface area contributed by atoms with E-state index in [9.17, 15) is 34.8 Å². The molecule has 2 fully saturated rings. The number of ketones is 1. The number of aliphatic hydroxyl groups is 4. The number of rotatable bonds is 10. The van der Waals surface area contributed by atoms with Crippen molar-refractivity contribution in [2.45, 2.75) is 102 Å². The van der Waals surface area contributed by atoms with Crippen LogP contribution in [0.5, 0.6) is 0 Å². The number of unbranched alkanes of at least 4 members (excludes halogenated alkanes) is 4. The van der Waals surface area contributed by atoms with E-state index in [-0.39, 0.29) is 23.1 Å². The van der Waals surface area contributed by atoms with Crippen molar-refractivity contribution in [3.8, 4) is 0 Å². The largest absolute Gasteiger partial charge is 0.454 e. The topological polar surface area (TPSA) is 151 Å². The van der Waals surface area contributed by atoms with E-state index in [0.717, 1.165) is 25.7 Å². The Morgan fingerprint density at radius 2 is 1.68 bits per heavy atom. The molecule has 9 nitrogen and oxygen atoms in total. The number of carbonyl (C=O) groups is 3. The Morgan fingerprint density at radius 3 is 2.32 bits per heavy atom. The Kier molecular flexibility index (Phi) is 8.51. The Balaban J connectivity index is 1.61. The molecule has 0 aromatic heterocycles. The maximum Gasteiger partial charge on any atom is 0.338 e. The van der Waals surface area contributed by atoms with Crippen LogP contribution in [0.1, 0.15) is 83.5 Å². The monoisotopic (exact) mass is 610 g/mol. The lowest BCUT2D eigenvalue weighted by atomic mass is 9.58. The van der Waals surface area contributed by atoms with Crippen LogP contribution in [-0.4, -0.2) is 73.8 Å². The molecule has 0 saturated heterocycles. The van der Waals surface area contributed by atoms with E-state index in [2.05, 4.69) is 6.92 Å². The lowest BCUT2D eigenvalue weighted by Gasteiger charge is -2.54. The van der Waals surface area contributed by atoms with Gasteiger partial charge in [0.05, 0.1) is 23.9 Å². The highest BCUT2D eigenvalue weighted by atomic mass is 16.6. The van der Waals surface area contributed by atoms with E-state index in [4.69, 9.17) is 9.47 Å². The first-order chi connectivity index (χ1) is 20.7. The second kappa shape index (κ2) is 11.5. The zero-order valence-corrected chi connectivity index (χ0v) is 26.3. The van der Waals surface area contributed by atoms with Gasteiger partial charge in [-0.1, -0.05) is 77.7 Å². The van der Waals surface area contributed by atoms with Gasteiger partial charge in [-0.2, -0.15) is 0 Å². The average Bonchev–Trinajstić information content (AvgIpc) is 3.40. The van der Waals surface area contributed by atoms with Crippen molar-refractivity contribution in [3.63, 3.8) is 0 Å². The highest BCUT2D eigenvalue weighted by molar-refractivity contribution is 6.06. The summed E-state index contributed by atoms with van der Waals surface area (Å²) in [6, 6.07) is 8.37. The lowest BCUT2D eigenvalue weighted by molar-refractivity contribution is -0.233. The molecule has 9 atom stereocenters. The third-order valence-corrected chi connectivity index (χ3v) is 11.1. The second-order valence-electron chi connectivity index (χ2n) is 13.8. The molecule has 0 spiro atoms. The Morgan fingerprint density at radius 1 is 1.02 bits per heavy atom. The van der Waals surface area contributed by atoms with Gasteiger partial charge in [0.15, 0.2) is 17.0 Å². The lowest BCUT2D eigenvalue weighted by Crippen LogP contribution is -2.68. The molecule has 2 saturated carbocycles. The van der Waals surface area contributed by atoms with E-state index < -0.39 is 82.4 Å². The van der Waals surface area contributed by atoms with Crippen LogP contribution in [0.15, 0.2) is 53.6 Å². The summed E-state index contributed by atoms with van der Waals surface area (Å²) in [6.07, 6.45) is 4.85. The highest BCUT2D eigenvalue weighted by Crippen LogP contribution is 2.77. The molecule has 0 aliphatic heterocycles. The zero-order chi connectivity index (χ0) is 32.2. The molecular weight excluding hydrogens is 564 g/mol. The molecule has 0 radical (unpaired) electrons. The molecule has 3 unspecified atom stereocenters. The number of esters is 2. The third-order valence-electron chi connectivity index (χ3n) is 11.1. The van der Waals surface area contributed by atoms with Gasteiger partial charge < -0.3 is 29.9 Å². The van der Waals surface area contributed by atoms with Gasteiger partial charge in [-0.15, -0.1) is 0 Å². The molecule has 0 bridgehead atoms. The molecule has 44 heavy (non-hydrogen) atoms. The Hall–Kier alpha value is -2.85. The van der Waals surface area contributed by atoms with Crippen molar-refractivity contribution in [2.24, 2.45) is 29.1 Å². The molecule has 4 N–H and O–H groups in total. The number of carbonyl (C=O) groups excluding carboxylic acids is 3. The summed E-state index contributed by atoms with van der Waals surface area (Å²) in [6.45, 7) is 8.34. The van der Waals surface area contributed by atoms with Crippen LogP contribution >= 0.6 is 0 Å². The number of fused-ring (bicyclic) bond motifs is 5. The molecule has 0 heterocycles. The van der Waals surface area contributed by atoms with E-state index >= 15 is 0 Å². The molecular formula is C35H46O9. The molecule has 4 aliphatic rings. The highest BCUT2D eigenvalue weighted by Gasteiger charge is 2.89. The smallest absolute Gasteiger partial charge is 0.338 e. The van der Waals surface area contributed by atoms with Crippen LogP contribution in [0.25, 0.3) is 0 Å². The number of Topliss-reactive ketones (excluding diaryl/α,β-unsaturated/α-hetero) is 1. The normalized spacial score (nSPS) is 38.3. The minimum atomic E-state index is -2.23. The molecule has 1 aromatic rings. The van der Waals surface area contributed by atoms with Crippen LogP contribution in [0.3, 0.4) is 0 Å². The Labute approximate surface area is 259 Å². The van der Waals surface area contributed by atoms with Gasteiger partial charge in [-0.05, 0) is 42.7 Å². The van der Waals surface area contributed by atoms with Gasteiger partial charge in [0.1, 0.15) is 6.10 Å². The summed E-state index contributed by atoms with van der Waals surface area (Å²) in [4.78, 5) is 40.4. The standard InChI is InChI=1S/C35H46O9/c1-6-7-8-9-13-16-25(37)44-35-28(32(35,4)5)26-27(38)23(19-36)18-33(41)24(17-20(2)29(33)39)34(26,42)21(3)30(35)43-31(40)22-14-11-10-12-15-22/h10-12,14-15,17-18,21,24,26-28,30,36,38,41-42H,6-9,13,16,19H2,1-5H3/t21-,24?,26?,27+,28?,30-,33-,34+,35-/m1/s1. The number of benzene rings is 1. The summed E-state index contributed by atoms with van der Waals surface area (Å²) in [7, 11) is 0.